The number of hydrogen-bond acceptors (Lipinski definition) is 7. The molecule has 8 nitrogen and oxygen atoms in total. The zero-order valence-electron chi connectivity index (χ0n) is 23.2. The average molecular weight is 652 g/mol. The van der Waals surface area contributed by atoms with Gasteiger partial charge in [0, 0.05) is 6.42 Å². The quantitative estimate of drug-likeness (QED) is 0.147. The fraction of sp³-hybridized carbons (Fsp3) is 0.312. The molecule has 1 fully saturated rings. The number of hydrogen-bond donors (Lipinski definition) is 2. The number of phenols is 1. The van der Waals surface area contributed by atoms with Crippen molar-refractivity contribution in [1.29, 1.82) is 5.26 Å². The first-order valence-electron chi connectivity index (χ1n) is 13.9. The van der Waals surface area contributed by atoms with Crippen LogP contribution in [0.5, 0.6) is 11.5 Å². The molecule has 3 aromatic carbocycles. The van der Waals surface area contributed by atoms with Crippen molar-refractivity contribution in [2.24, 2.45) is 0 Å². The van der Waals surface area contributed by atoms with Crippen LogP contribution in [0.15, 0.2) is 72.8 Å². The molecule has 3 unspecified atom stereocenters. The van der Waals surface area contributed by atoms with Crippen LogP contribution in [0.2, 0.25) is 5.32 Å². The Bertz CT molecular complexity index is 1610. The van der Waals surface area contributed by atoms with Crippen molar-refractivity contribution in [3.8, 4) is 16.5 Å². The Morgan fingerprint density at radius 3 is 2.48 bits per heavy atom. The summed E-state index contributed by atoms with van der Waals surface area (Å²) in [5.74, 6) is 0.338. The van der Waals surface area contributed by atoms with E-state index in [1.165, 1.54) is 0 Å². The van der Waals surface area contributed by atoms with Gasteiger partial charge in [-0.3, -0.25) is 0 Å². The molecule has 218 valence electrons. The predicted molar refractivity (Wildman–Crippen MR) is 162 cm³/mol. The number of rotatable bonds is 12. The van der Waals surface area contributed by atoms with Crippen molar-refractivity contribution in [3.63, 3.8) is 0 Å². The number of aromatic hydroxyl groups is 1. The van der Waals surface area contributed by atoms with E-state index < -0.39 is 27.6 Å². The second-order valence-electron chi connectivity index (χ2n) is 10.5. The molecule has 3 aromatic rings. The van der Waals surface area contributed by atoms with Gasteiger partial charge in [-0.25, -0.2) is 0 Å². The maximum Gasteiger partial charge on any atom is 0.115 e. The van der Waals surface area contributed by atoms with Gasteiger partial charge in [-0.05, 0) is 47.9 Å². The molecule has 3 atom stereocenters. The molecular formula is C32H32N2O6SSe. The van der Waals surface area contributed by atoms with E-state index in [0.717, 1.165) is 52.4 Å². The zero-order valence-corrected chi connectivity index (χ0v) is 25.7. The van der Waals surface area contributed by atoms with Crippen LogP contribution in [0.1, 0.15) is 48.8 Å². The van der Waals surface area contributed by atoms with E-state index in [1.807, 2.05) is 37.3 Å². The van der Waals surface area contributed by atoms with Crippen LogP contribution in [0.25, 0.3) is 11.1 Å². The molecule has 2 aliphatic heterocycles. The smallest absolute Gasteiger partial charge is 0.115 e. The molecule has 2 heterocycles. The Balaban J connectivity index is 1.36. The SMILES string of the molecule is Cc1cccc(OS(=O)(=O)C2CC3OC2C(c2ccc(NC(=O)CCCCC[Se]C#N)cc2)=C3c2ccc(O)cc2)c1. The van der Waals surface area contributed by atoms with Crippen LogP contribution >= 0.6 is 0 Å². The molecule has 0 spiro atoms. The number of nitrogens with zero attached hydrogens (tertiary/aromatic N) is 1. The van der Waals surface area contributed by atoms with E-state index >= 15 is 0 Å². The average Bonchev–Trinajstić information content (AvgIpc) is 3.56. The van der Waals surface area contributed by atoms with E-state index in [2.05, 4.69) is 10.3 Å². The fourth-order valence-corrected chi connectivity index (χ4v) is 7.83. The van der Waals surface area contributed by atoms with Crippen LogP contribution < -0.4 is 9.50 Å². The normalized spacial score (nSPS) is 19.5. The number of anilines is 1. The molecule has 0 aliphatic carbocycles. The van der Waals surface area contributed by atoms with Crippen LogP contribution in [-0.4, -0.2) is 51.8 Å². The number of benzene rings is 3. The molecule has 1 amide bonds. The van der Waals surface area contributed by atoms with Crippen LogP contribution in [0, 0.1) is 17.2 Å². The van der Waals surface area contributed by atoms with E-state index in [4.69, 9.17) is 14.2 Å². The summed E-state index contributed by atoms with van der Waals surface area (Å²) in [7, 11) is -4.03. The largest absolute Gasteiger partial charge is 0.508 e. The third kappa shape index (κ3) is 6.88. The predicted octanol–water partition coefficient (Wildman–Crippen LogP) is 5.66. The minimum atomic E-state index is -4.03. The molecule has 2 aliphatic rings. The molecule has 0 aromatic heterocycles. The number of carbonyl (C=O) groups excluding carboxylic acids is 1. The van der Waals surface area contributed by atoms with Gasteiger partial charge in [0.15, 0.2) is 0 Å². The first-order chi connectivity index (χ1) is 20.2. The molecule has 2 bridgehead atoms. The number of ether oxygens (including phenoxy) is 1. The number of nitrogens with one attached hydrogen (secondary N) is 1. The van der Waals surface area contributed by atoms with Crippen molar-refractivity contribution < 1.29 is 27.2 Å². The van der Waals surface area contributed by atoms with Crippen molar-refractivity contribution in [2.45, 2.75) is 61.8 Å². The molecule has 42 heavy (non-hydrogen) atoms. The molecule has 2 N–H and O–H groups in total. The minimum Gasteiger partial charge on any atom is -0.508 e. The second kappa shape index (κ2) is 13.1. The zero-order chi connectivity index (χ0) is 29.7. The number of unbranched alkanes of at least 4 members (excludes halogenated alkanes) is 2. The molecule has 1 saturated heterocycles. The van der Waals surface area contributed by atoms with E-state index in [1.54, 1.807) is 42.5 Å². The van der Waals surface area contributed by atoms with Gasteiger partial charge in [0.1, 0.15) is 22.9 Å². The molecule has 0 saturated carbocycles. The minimum absolute atomic E-state index is 0.0314. The molecule has 0 radical (unpaired) electrons. The van der Waals surface area contributed by atoms with E-state index in [0.29, 0.717) is 12.1 Å². The summed E-state index contributed by atoms with van der Waals surface area (Å²) in [4.78, 5) is 14.6. The van der Waals surface area contributed by atoms with Gasteiger partial charge >= 0.3 is 123 Å². The summed E-state index contributed by atoms with van der Waals surface area (Å²) in [6.07, 6.45) is 2.13. The number of aryl methyl sites for hydroxylation is 1. The van der Waals surface area contributed by atoms with Crippen molar-refractivity contribution in [3.05, 3.63) is 89.5 Å². The number of fused-ring (bicyclic) bond motifs is 2. The van der Waals surface area contributed by atoms with Gasteiger partial charge in [0.05, 0.1) is 6.10 Å². The number of nitriles is 1. The number of carbonyl (C=O) groups is 1. The molecule has 10 heteroatoms. The Hall–Kier alpha value is -3.61. The molecular weight excluding hydrogens is 619 g/mol. The molecule has 5 rings (SSSR count). The van der Waals surface area contributed by atoms with Gasteiger partial charge in [-0.1, -0.05) is 24.3 Å². The topological polar surface area (TPSA) is 126 Å². The van der Waals surface area contributed by atoms with Crippen molar-refractivity contribution in [1.82, 2.24) is 0 Å². The second-order valence-corrected chi connectivity index (χ2v) is 14.1. The summed E-state index contributed by atoms with van der Waals surface area (Å²) in [6, 6.07) is 21.1. The Morgan fingerprint density at radius 1 is 1.05 bits per heavy atom. The van der Waals surface area contributed by atoms with Crippen LogP contribution in [0.4, 0.5) is 5.69 Å². The van der Waals surface area contributed by atoms with E-state index in [-0.39, 0.29) is 38.8 Å². The monoisotopic (exact) mass is 652 g/mol. The standard InChI is InChI=1S/C32H32N2O6SSe/c1-21-6-5-7-26(18-21)40-41(37,38)28-19-27-30(22-11-15-25(35)16-12-22)31(32(28)39-27)23-9-13-24(14-10-23)34-29(36)8-3-2-4-17-42-20-33/h5-7,9-16,18,27-28,32,35H,2-4,8,17,19H2,1H3,(H,34,36). The van der Waals surface area contributed by atoms with Gasteiger partial charge in [-0.15, -0.1) is 0 Å². The Morgan fingerprint density at radius 2 is 1.76 bits per heavy atom. The summed E-state index contributed by atoms with van der Waals surface area (Å²) in [6.45, 7) is 1.87. The van der Waals surface area contributed by atoms with Gasteiger partial charge in [0.2, 0.25) is 0 Å². The fourth-order valence-electron chi connectivity index (χ4n) is 5.49. The van der Waals surface area contributed by atoms with Gasteiger partial charge in [-0.2, -0.15) is 8.42 Å². The first kappa shape index (κ1) is 29.9. The summed E-state index contributed by atoms with van der Waals surface area (Å²) in [5.41, 5.74) is 4.83. The Labute approximate surface area is 252 Å². The van der Waals surface area contributed by atoms with Crippen molar-refractivity contribution in [2.75, 3.05) is 5.32 Å². The third-order valence-corrected chi connectivity index (χ3v) is 10.3. The van der Waals surface area contributed by atoms with Crippen molar-refractivity contribution >= 4 is 47.8 Å². The maximum atomic E-state index is 13.5. The Kier molecular flexibility index (Phi) is 9.34. The third-order valence-electron chi connectivity index (χ3n) is 7.44. The van der Waals surface area contributed by atoms with Gasteiger partial charge in [0.25, 0.3) is 0 Å². The van der Waals surface area contributed by atoms with Gasteiger partial charge < -0.3 is 14.0 Å². The number of amides is 1. The van der Waals surface area contributed by atoms with E-state index in [9.17, 15) is 18.3 Å². The number of phenolic OH excluding ortho intramolecular Hbond substituents is 1. The maximum absolute atomic E-state index is 13.5. The summed E-state index contributed by atoms with van der Waals surface area (Å²) < 4.78 is 38.8. The van der Waals surface area contributed by atoms with Crippen LogP contribution in [-0.2, 0) is 19.6 Å². The summed E-state index contributed by atoms with van der Waals surface area (Å²) in [5, 5.41) is 21.4. The summed E-state index contributed by atoms with van der Waals surface area (Å²) >= 11 is 0.0314. The van der Waals surface area contributed by atoms with Crippen LogP contribution in [0.3, 0.4) is 0 Å². The first-order valence-corrected chi connectivity index (χ1v) is 17.4.